The molecule has 0 aliphatic carbocycles. The van der Waals surface area contributed by atoms with Crippen LogP contribution in [0.3, 0.4) is 0 Å². The zero-order chi connectivity index (χ0) is 18.1. The molecule has 6 heteroatoms. The maximum absolute atomic E-state index is 12.4. The van der Waals surface area contributed by atoms with Crippen LogP contribution >= 0.6 is 0 Å². The van der Waals surface area contributed by atoms with Crippen LogP contribution in [0.1, 0.15) is 12.5 Å². The standard InChI is InChI=1S/C20H16N4O2/c1-12(25)23-14-6-4-13(5-7-14)22-11-16-19-15-3-2-10-21-17(15)8-9-18(19)24-20(16)26/h2-11,21H,1H3,(H,23,25)(H,24,26). The number of carbonyl (C=O) groups excluding carboxylic acids is 1. The Morgan fingerprint density at radius 1 is 1.08 bits per heavy atom. The number of amides is 1. The van der Waals surface area contributed by atoms with E-state index in [4.69, 9.17) is 0 Å². The minimum absolute atomic E-state index is 0.125. The first-order valence-corrected chi connectivity index (χ1v) is 8.15. The third-order valence-corrected chi connectivity index (χ3v) is 4.14. The lowest BCUT2D eigenvalue weighted by molar-refractivity contribution is -0.114. The number of hydrogen-bond donors (Lipinski definition) is 3. The molecule has 2 aromatic carbocycles. The molecule has 0 radical (unpaired) electrons. The monoisotopic (exact) mass is 344 g/mol. The Bertz CT molecular complexity index is 1200. The first kappa shape index (κ1) is 15.8. The predicted molar refractivity (Wildman–Crippen MR) is 104 cm³/mol. The summed E-state index contributed by atoms with van der Waals surface area (Å²) in [7, 11) is 0. The fourth-order valence-corrected chi connectivity index (χ4v) is 2.99. The molecule has 3 N–H and O–H groups in total. The summed E-state index contributed by atoms with van der Waals surface area (Å²) in [5.74, 6) is -0.125. The molecule has 0 spiro atoms. The second-order valence-electron chi connectivity index (χ2n) is 5.97. The number of aromatic amines is 2. The molecule has 0 saturated carbocycles. The Labute approximate surface area is 148 Å². The normalized spacial score (nSPS) is 11.4. The average molecular weight is 344 g/mol. The number of H-pyrrole nitrogens is 2. The Kier molecular flexibility index (Phi) is 3.85. The van der Waals surface area contributed by atoms with E-state index in [1.807, 2.05) is 30.5 Å². The fraction of sp³-hybridized carbons (Fsp3) is 0.0500. The molecule has 4 aromatic rings. The smallest absolute Gasteiger partial charge is 0.257 e. The van der Waals surface area contributed by atoms with Gasteiger partial charge in [-0.3, -0.25) is 14.6 Å². The molecular weight excluding hydrogens is 328 g/mol. The SMILES string of the molecule is CC(=O)Nc1ccc(N=Cc2c(=O)[nH]c3ccc4[nH]cccc4c23)cc1. The molecule has 26 heavy (non-hydrogen) atoms. The lowest BCUT2D eigenvalue weighted by atomic mass is 10.1. The van der Waals surface area contributed by atoms with Gasteiger partial charge in [-0.2, -0.15) is 0 Å². The number of pyridine rings is 1. The largest absolute Gasteiger partial charge is 0.361 e. The zero-order valence-electron chi connectivity index (χ0n) is 14.0. The van der Waals surface area contributed by atoms with Crippen molar-refractivity contribution in [1.82, 2.24) is 9.97 Å². The topological polar surface area (TPSA) is 90.1 Å². The van der Waals surface area contributed by atoms with Crippen LogP contribution in [0.5, 0.6) is 0 Å². The molecule has 0 aliphatic heterocycles. The van der Waals surface area contributed by atoms with Gasteiger partial charge in [0.05, 0.1) is 11.3 Å². The summed E-state index contributed by atoms with van der Waals surface area (Å²) in [5.41, 5.74) is 3.48. The summed E-state index contributed by atoms with van der Waals surface area (Å²) in [5, 5.41) is 4.52. The predicted octanol–water partition coefficient (Wildman–Crippen LogP) is 3.72. The number of benzene rings is 2. The third kappa shape index (κ3) is 2.88. The highest BCUT2D eigenvalue weighted by atomic mass is 16.1. The van der Waals surface area contributed by atoms with Gasteiger partial charge in [0.15, 0.2) is 0 Å². The van der Waals surface area contributed by atoms with Crippen LogP contribution in [0.25, 0.3) is 21.8 Å². The molecule has 0 saturated heterocycles. The molecule has 0 fully saturated rings. The van der Waals surface area contributed by atoms with Crippen molar-refractivity contribution in [3.05, 3.63) is 70.6 Å². The van der Waals surface area contributed by atoms with E-state index in [1.54, 1.807) is 30.5 Å². The van der Waals surface area contributed by atoms with Crippen molar-refractivity contribution >= 4 is 45.3 Å². The number of aliphatic imine (C=N–C) groups is 1. The summed E-state index contributed by atoms with van der Waals surface area (Å²) in [6, 6.07) is 14.8. The van der Waals surface area contributed by atoms with Gasteiger partial charge in [0.1, 0.15) is 0 Å². The van der Waals surface area contributed by atoms with Crippen molar-refractivity contribution < 1.29 is 4.79 Å². The summed E-state index contributed by atoms with van der Waals surface area (Å²) >= 11 is 0. The molecule has 0 aliphatic rings. The third-order valence-electron chi connectivity index (χ3n) is 4.14. The Morgan fingerprint density at radius 3 is 2.62 bits per heavy atom. The minimum Gasteiger partial charge on any atom is -0.361 e. The second kappa shape index (κ2) is 6.33. The minimum atomic E-state index is -0.171. The number of rotatable bonds is 3. The summed E-state index contributed by atoms with van der Waals surface area (Å²) in [4.78, 5) is 33.9. The lowest BCUT2D eigenvalue weighted by Crippen LogP contribution is -2.05. The average Bonchev–Trinajstić information content (AvgIpc) is 2.96. The summed E-state index contributed by atoms with van der Waals surface area (Å²) < 4.78 is 0. The molecule has 0 unspecified atom stereocenters. The van der Waals surface area contributed by atoms with Crippen molar-refractivity contribution in [1.29, 1.82) is 0 Å². The van der Waals surface area contributed by atoms with Gasteiger partial charge in [0.2, 0.25) is 5.91 Å². The number of anilines is 1. The summed E-state index contributed by atoms with van der Waals surface area (Å²) in [6.07, 6.45) is 3.43. The highest BCUT2D eigenvalue weighted by molar-refractivity contribution is 6.13. The van der Waals surface area contributed by atoms with Crippen LogP contribution in [-0.4, -0.2) is 22.1 Å². The molecule has 0 bridgehead atoms. The van der Waals surface area contributed by atoms with E-state index >= 15 is 0 Å². The number of hydrogen-bond acceptors (Lipinski definition) is 3. The Hall–Kier alpha value is -3.67. The van der Waals surface area contributed by atoms with Gasteiger partial charge in [0, 0.05) is 46.8 Å². The maximum Gasteiger partial charge on any atom is 0.257 e. The number of nitrogens with zero attached hydrogens (tertiary/aromatic N) is 1. The van der Waals surface area contributed by atoms with E-state index in [9.17, 15) is 9.59 Å². The number of fused-ring (bicyclic) bond motifs is 3. The van der Waals surface area contributed by atoms with E-state index in [0.29, 0.717) is 16.9 Å². The van der Waals surface area contributed by atoms with Crippen molar-refractivity contribution in [2.24, 2.45) is 4.99 Å². The van der Waals surface area contributed by atoms with Gasteiger partial charge in [-0.1, -0.05) is 6.07 Å². The lowest BCUT2D eigenvalue weighted by Gasteiger charge is -2.02. The van der Waals surface area contributed by atoms with Crippen LogP contribution in [0.15, 0.2) is 64.5 Å². The molecule has 4 rings (SSSR count). The van der Waals surface area contributed by atoms with E-state index in [-0.39, 0.29) is 11.5 Å². The zero-order valence-corrected chi connectivity index (χ0v) is 14.0. The van der Waals surface area contributed by atoms with Gasteiger partial charge in [0.25, 0.3) is 5.56 Å². The molecule has 2 heterocycles. The molecule has 0 atom stereocenters. The first-order valence-electron chi connectivity index (χ1n) is 8.15. The fourth-order valence-electron chi connectivity index (χ4n) is 2.99. The highest BCUT2D eigenvalue weighted by Gasteiger charge is 2.11. The van der Waals surface area contributed by atoms with Crippen LogP contribution in [0.2, 0.25) is 0 Å². The van der Waals surface area contributed by atoms with Crippen molar-refractivity contribution in [3.63, 3.8) is 0 Å². The summed E-state index contributed by atoms with van der Waals surface area (Å²) in [6.45, 7) is 1.46. The van der Waals surface area contributed by atoms with Crippen molar-refractivity contribution in [2.45, 2.75) is 6.92 Å². The van der Waals surface area contributed by atoms with E-state index in [2.05, 4.69) is 20.3 Å². The number of carbonyl (C=O) groups is 1. The van der Waals surface area contributed by atoms with Crippen molar-refractivity contribution in [2.75, 3.05) is 5.32 Å². The van der Waals surface area contributed by atoms with E-state index < -0.39 is 0 Å². The molecule has 1 amide bonds. The Balaban J connectivity index is 1.76. The highest BCUT2D eigenvalue weighted by Crippen LogP contribution is 2.24. The molecular formula is C20H16N4O2. The second-order valence-corrected chi connectivity index (χ2v) is 5.97. The van der Waals surface area contributed by atoms with Gasteiger partial charge in [-0.15, -0.1) is 0 Å². The van der Waals surface area contributed by atoms with Gasteiger partial charge in [-0.05, 0) is 42.5 Å². The van der Waals surface area contributed by atoms with Crippen LogP contribution in [-0.2, 0) is 4.79 Å². The number of nitrogens with one attached hydrogen (secondary N) is 3. The van der Waals surface area contributed by atoms with Crippen LogP contribution in [0.4, 0.5) is 11.4 Å². The molecule has 6 nitrogen and oxygen atoms in total. The first-order chi connectivity index (χ1) is 12.6. The van der Waals surface area contributed by atoms with Gasteiger partial charge >= 0.3 is 0 Å². The van der Waals surface area contributed by atoms with E-state index in [0.717, 1.165) is 21.8 Å². The van der Waals surface area contributed by atoms with Crippen LogP contribution < -0.4 is 10.9 Å². The van der Waals surface area contributed by atoms with Crippen molar-refractivity contribution in [3.8, 4) is 0 Å². The van der Waals surface area contributed by atoms with E-state index in [1.165, 1.54) is 6.92 Å². The van der Waals surface area contributed by atoms with Gasteiger partial charge < -0.3 is 15.3 Å². The Morgan fingerprint density at radius 2 is 1.85 bits per heavy atom. The molecule has 128 valence electrons. The maximum atomic E-state index is 12.4. The van der Waals surface area contributed by atoms with Gasteiger partial charge in [-0.25, -0.2) is 0 Å². The number of aromatic nitrogens is 2. The van der Waals surface area contributed by atoms with Crippen LogP contribution in [0, 0.1) is 0 Å². The quantitative estimate of drug-likeness (QED) is 0.494. The molecule has 2 aromatic heterocycles.